The topological polar surface area (TPSA) is 47.6 Å². The van der Waals surface area contributed by atoms with Crippen molar-refractivity contribution >= 4 is 5.97 Å². The number of hydrogen-bond acceptors (Lipinski definition) is 4. The van der Waals surface area contributed by atoms with Gasteiger partial charge in [-0.25, -0.2) is 4.39 Å². The van der Waals surface area contributed by atoms with Crippen LogP contribution in [0.4, 0.5) is 4.39 Å². The minimum Gasteiger partial charge on any atom is -0.489 e. The Bertz CT molecular complexity index is 409. The SMILES string of the molecule is COC(=O)C(NCCOc1ccccc1F)C(C)C. The molecule has 0 fully saturated rings. The number of carbonyl (C=O) groups is 1. The molecule has 0 radical (unpaired) electrons. The molecule has 0 heterocycles. The van der Waals surface area contributed by atoms with E-state index in [1.807, 2.05) is 13.8 Å². The van der Waals surface area contributed by atoms with E-state index in [4.69, 9.17) is 9.47 Å². The Kier molecular flexibility index (Phi) is 6.29. The highest BCUT2D eigenvalue weighted by atomic mass is 19.1. The van der Waals surface area contributed by atoms with Crippen molar-refractivity contribution in [1.82, 2.24) is 5.32 Å². The molecule has 1 unspecified atom stereocenters. The van der Waals surface area contributed by atoms with Gasteiger partial charge in [0.1, 0.15) is 12.6 Å². The van der Waals surface area contributed by atoms with Gasteiger partial charge in [0, 0.05) is 6.54 Å². The molecule has 0 aliphatic carbocycles. The van der Waals surface area contributed by atoms with Gasteiger partial charge in [-0.3, -0.25) is 4.79 Å². The van der Waals surface area contributed by atoms with E-state index >= 15 is 0 Å². The Balaban J connectivity index is 2.37. The maximum atomic E-state index is 13.3. The molecular formula is C14H20FNO3. The number of methoxy groups -OCH3 is 1. The molecule has 19 heavy (non-hydrogen) atoms. The predicted octanol–water partition coefficient (Wildman–Crippen LogP) is 1.99. The molecule has 0 spiro atoms. The number of nitrogens with one attached hydrogen (secondary N) is 1. The summed E-state index contributed by atoms with van der Waals surface area (Å²) in [6, 6.07) is 5.84. The first kappa shape index (κ1) is 15.4. The Hall–Kier alpha value is -1.62. The lowest BCUT2D eigenvalue weighted by atomic mass is 10.1. The third-order valence-electron chi connectivity index (χ3n) is 2.68. The van der Waals surface area contributed by atoms with Crippen LogP contribution in [0.15, 0.2) is 24.3 Å². The number of carbonyl (C=O) groups excluding carboxylic acids is 1. The Morgan fingerprint density at radius 1 is 1.37 bits per heavy atom. The summed E-state index contributed by atoms with van der Waals surface area (Å²) in [5, 5.41) is 3.04. The zero-order chi connectivity index (χ0) is 14.3. The number of rotatable bonds is 7. The van der Waals surface area contributed by atoms with Gasteiger partial charge >= 0.3 is 5.97 Å². The fourth-order valence-electron chi connectivity index (χ4n) is 1.66. The summed E-state index contributed by atoms with van der Waals surface area (Å²) in [5.74, 6) is -0.374. The molecule has 1 atom stereocenters. The van der Waals surface area contributed by atoms with E-state index < -0.39 is 5.82 Å². The first-order chi connectivity index (χ1) is 9.06. The van der Waals surface area contributed by atoms with Gasteiger partial charge in [0.25, 0.3) is 0 Å². The van der Waals surface area contributed by atoms with Crippen LogP contribution in [-0.4, -0.2) is 32.3 Å². The van der Waals surface area contributed by atoms with Crippen molar-refractivity contribution in [3.05, 3.63) is 30.1 Å². The summed E-state index contributed by atoms with van der Waals surface area (Å²) >= 11 is 0. The van der Waals surface area contributed by atoms with Gasteiger partial charge in [-0.15, -0.1) is 0 Å². The van der Waals surface area contributed by atoms with Crippen LogP contribution >= 0.6 is 0 Å². The molecule has 0 saturated carbocycles. The van der Waals surface area contributed by atoms with Crippen molar-refractivity contribution in [2.75, 3.05) is 20.3 Å². The molecule has 4 nitrogen and oxygen atoms in total. The highest BCUT2D eigenvalue weighted by molar-refractivity contribution is 5.75. The van der Waals surface area contributed by atoms with Crippen LogP contribution in [0.1, 0.15) is 13.8 Å². The zero-order valence-corrected chi connectivity index (χ0v) is 11.5. The second-order valence-electron chi connectivity index (χ2n) is 4.48. The molecule has 0 bridgehead atoms. The van der Waals surface area contributed by atoms with Gasteiger partial charge in [0.05, 0.1) is 7.11 Å². The molecule has 1 rings (SSSR count). The Labute approximate surface area is 112 Å². The molecule has 0 amide bonds. The lowest BCUT2D eigenvalue weighted by Gasteiger charge is -2.19. The third-order valence-corrected chi connectivity index (χ3v) is 2.68. The van der Waals surface area contributed by atoms with Crippen LogP contribution in [0.5, 0.6) is 5.75 Å². The van der Waals surface area contributed by atoms with Gasteiger partial charge in [-0.2, -0.15) is 0 Å². The molecule has 0 saturated heterocycles. The fraction of sp³-hybridized carbons (Fsp3) is 0.500. The number of hydrogen-bond donors (Lipinski definition) is 1. The summed E-state index contributed by atoms with van der Waals surface area (Å²) in [5.41, 5.74) is 0. The monoisotopic (exact) mass is 269 g/mol. The average molecular weight is 269 g/mol. The normalized spacial score (nSPS) is 12.3. The van der Waals surface area contributed by atoms with Crippen LogP contribution in [0.3, 0.4) is 0 Å². The standard InChI is InChI=1S/C14H20FNO3/c1-10(2)13(14(17)18-3)16-8-9-19-12-7-5-4-6-11(12)15/h4-7,10,13,16H,8-9H2,1-3H3. The molecule has 0 aromatic heterocycles. The minimum atomic E-state index is -0.393. The molecule has 0 aliphatic rings. The van der Waals surface area contributed by atoms with E-state index in [0.29, 0.717) is 6.54 Å². The second kappa shape index (κ2) is 7.74. The largest absolute Gasteiger partial charge is 0.489 e. The summed E-state index contributed by atoms with van der Waals surface area (Å²) in [4.78, 5) is 11.5. The predicted molar refractivity (Wildman–Crippen MR) is 70.5 cm³/mol. The van der Waals surface area contributed by atoms with Gasteiger partial charge in [0.2, 0.25) is 0 Å². The maximum absolute atomic E-state index is 13.3. The van der Waals surface area contributed by atoms with E-state index in [-0.39, 0.29) is 30.3 Å². The van der Waals surface area contributed by atoms with E-state index in [0.717, 1.165) is 0 Å². The second-order valence-corrected chi connectivity index (χ2v) is 4.48. The smallest absolute Gasteiger partial charge is 0.323 e. The highest BCUT2D eigenvalue weighted by Crippen LogP contribution is 2.14. The van der Waals surface area contributed by atoms with Crippen molar-refractivity contribution < 1.29 is 18.7 Å². The van der Waals surface area contributed by atoms with Crippen molar-refractivity contribution in [3.63, 3.8) is 0 Å². The Morgan fingerprint density at radius 2 is 2.05 bits per heavy atom. The molecule has 5 heteroatoms. The van der Waals surface area contributed by atoms with Gasteiger partial charge in [0.15, 0.2) is 11.6 Å². The summed E-state index contributed by atoms with van der Waals surface area (Å²) in [6.45, 7) is 4.56. The fourth-order valence-corrected chi connectivity index (χ4v) is 1.66. The van der Waals surface area contributed by atoms with Crippen LogP contribution in [-0.2, 0) is 9.53 Å². The first-order valence-electron chi connectivity index (χ1n) is 6.24. The number of halogens is 1. The summed E-state index contributed by atoms with van der Waals surface area (Å²) in [6.07, 6.45) is 0. The Morgan fingerprint density at radius 3 is 2.63 bits per heavy atom. The first-order valence-corrected chi connectivity index (χ1v) is 6.24. The zero-order valence-electron chi connectivity index (χ0n) is 11.5. The number of ether oxygens (including phenoxy) is 2. The van der Waals surface area contributed by atoms with Crippen LogP contribution in [0.25, 0.3) is 0 Å². The van der Waals surface area contributed by atoms with E-state index in [2.05, 4.69) is 5.32 Å². The summed E-state index contributed by atoms with van der Waals surface area (Å²) in [7, 11) is 1.36. The molecule has 106 valence electrons. The number of para-hydroxylation sites is 1. The molecule has 0 aliphatic heterocycles. The average Bonchev–Trinajstić information content (AvgIpc) is 2.39. The number of benzene rings is 1. The summed E-state index contributed by atoms with van der Waals surface area (Å²) < 4.78 is 23.3. The van der Waals surface area contributed by atoms with Crippen molar-refractivity contribution in [1.29, 1.82) is 0 Å². The van der Waals surface area contributed by atoms with E-state index in [1.54, 1.807) is 18.2 Å². The molecular weight excluding hydrogens is 249 g/mol. The maximum Gasteiger partial charge on any atom is 0.323 e. The van der Waals surface area contributed by atoms with Crippen LogP contribution in [0.2, 0.25) is 0 Å². The van der Waals surface area contributed by atoms with Crippen molar-refractivity contribution in [2.24, 2.45) is 5.92 Å². The lowest BCUT2D eigenvalue weighted by Crippen LogP contribution is -2.43. The lowest BCUT2D eigenvalue weighted by molar-refractivity contribution is -0.144. The number of esters is 1. The molecule has 1 aromatic rings. The minimum absolute atomic E-state index is 0.112. The van der Waals surface area contributed by atoms with E-state index in [9.17, 15) is 9.18 Å². The van der Waals surface area contributed by atoms with Crippen LogP contribution < -0.4 is 10.1 Å². The van der Waals surface area contributed by atoms with Gasteiger partial charge in [-0.05, 0) is 18.1 Å². The molecule has 1 N–H and O–H groups in total. The van der Waals surface area contributed by atoms with Crippen LogP contribution in [0, 0.1) is 11.7 Å². The van der Waals surface area contributed by atoms with E-state index in [1.165, 1.54) is 13.2 Å². The van der Waals surface area contributed by atoms with Crippen molar-refractivity contribution in [3.8, 4) is 5.75 Å². The quantitative estimate of drug-likeness (QED) is 0.607. The molecule has 1 aromatic carbocycles. The van der Waals surface area contributed by atoms with Crippen molar-refractivity contribution in [2.45, 2.75) is 19.9 Å². The van der Waals surface area contributed by atoms with Gasteiger partial charge < -0.3 is 14.8 Å². The van der Waals surface area contributed by atoms with Gasteiger partial charge in [-0.1, -0.05) is 26.0 Å². The highest BCUT2D eigenvalue weighted by Gasteiger charge is 2.21. The third kappa shape index (κ3) is 4.87.